The number of hydrogen-bond donors (Lipinski definition) is 1. The van der Waals surface area contributed by atoms with Crippen molar-refractivity contribution in [2.45, 2.75) is 12.8 Å². The number of rotatable bonds is 4. The Morgan fingerprint density at radius 2 is 1.78 bits per heavy atom. The van der Waals surface area contributed by atoms with Crippen LogP contribution in [-0.4, -0.2) is 11.1 Å². The molecule has 0 aliphatic rings. The molecule has 0 heterocycles. The van der Waals surface area contributed by atoms with Gasteiger partial charge in [0.15, 0.2) is 0 Å². The lowest BCUT2D eigenvalue weighted by Crippen LogP contribution is -2.05. The minimum Gasteiger partial charge on any atom is -0.487 e. The van der Waals surface area contributed by atoms with E-state index in [1.807, 2.05) is 0 Å². The molecule has 2 aromatic carbocycles. The third-order valence-electron chi connectivity index (χ3n) is 2.91. The van der Waals surface area contributed by atoms with Gasteiger partial charge in [0.2, 0.25) is 0 Å². The Bertz CT molecular complexity index is 745. The van der Waals surface area contributed by atoms with E-state index >= 15 is 0 Å². The van der Waals surface area contributed by atoms with E-state index in [4.69, 9.17) is 33.0 Å². The monoisotopic (exact) mass is 364 g/mol. The number of carbonyl (C=O) groups is 1. The van der Waals surface area contributed by atoms with Crippen molar-refractivity contribution < 1.29 is 27.8 Å². The lowest BCUT2D eigenvalue weighted by Gasteiger charge is -2.12. The molecule has 122 valence electrons. The second-order valence-electron chi connectivity index (χ2n) is 4.55. The average molecular weight is 365 g/mol. The molecule has 1 N–H and O–H groups in total. The lowest BCUT2D eigenvalue weighted by atomic mass is 10.1. The molecule has 0 saturated heterocycles. The average Bonchev–Trinajstić information content (AvgIpc) is 2.46. The Balaban J connectivity index is 2.15. The quantitative estimate of drug-likeness (QED) is 0.801. The lowest BCUT2D eigenvalue weighted by molar-refractivity contribution is -0.137. The smallest absolute Gasteiger partial charge is 0.416 e. The van der Waals surface area contributed by atoms with Crippen LogP contribution in [0.1, 0.15) is 21.5 Å². The van der Waals surface area contributed by atoms with Gasteiger partial charge in [0.25, 0.3) is 0 Å². The van der Waals surface area contributed by atoms with Gasteiger partial charge in [-0.3, -0.25) is 0 Å². The minimum atomic E-state index is -4.49. The van der Waals surface area contributed by atoms with Crippen molar-refractivity contribution in [1.82, 2.24) is 0 Å². The number of carboxylic acids is 1. The number of ether oxygens (including phenoxy) is 1. The molecule has 0 spiro atoms. The van der Waals surface area contributed by atoms with Crippen LogP contribution in [0.2, 0.25) is 10.0 Å². The third kappa shape index (κ3) is 4.30. The Morgan fingerprint density at radius 1 is 1.09 bits per heavy atom. The summed E-state index contributed by atoms with van der Waals surface area (Å²) in [7, 11) is 0. The standard InChI is InChI=1S/C15H9Cl2F3O3/c16-11-3-1-8(5-10(11)14(21)22)7-23-13-4-2-9(6-12(13)17)15(18,19)20/h1-6H,7H2,(H,21,22). The van der Waals surface area contributed by atoms with Crippen LogP contribution >= 0.6 is 23.2 Å². The number of benzene rings is 2. The second kappa shape index (κ2) is 6.68. The highest BCUT2D eigenvalue weighted by molar-refractivity contribution is 6.33. The fraction of sp³-hybridized carbons (Fsp3) is 0.133. The van der Waals surface area contributed by atoms with E-state index in [-0.39, 0.29) is 28.0 Å². The zero-order valence-corrected chi connectivity index (χ0v) is 12.8. The molecule has 3 nitrogen and oxygen atoms in total. The molecular weight excluding hydrogens is 356 g/mol. The summed E-state index contributed by atoms with van der Waals surface area (Å²) in [5.41, 5.74) is -0.483. The SMILES string of the molecule is O=C(O)c1cc(COc2ccc(C(F)(F)F)cc2Cl)ccc1Cl. The first-order valence-electron chi connectivity index (χ1n) is 6.20. The van der Waals surface area contributed by atoms with E-state index in [1.54, 1.807) is 6.07 Å². The van der Waals surface area contributed by atoms with Gasteiger partial charge in [0.05, 0.1) is 21.2 Å². The van der Waals surface area contributed by atoms with E-state index in [2.05, 4.69) is 0 Å². The molecule has 0 amide bonds. The van der Waals surface area contributed by atoms with Gasteiger partial charge in [-0.05, 0) is 35.9 Å². The Labute approximate surface area is 139 Å². The zero-order chi connectivity index (χ0) is 17.2. The Hall–Kier alpha value is -1.92. The molecule has 0 bridgehead atoms. The molecule has 0 aromatic heterocycles. The van der Waals surface area contributed by atoms with Crippen LogP contribution in [-0.2, 0) is 12.8 Å². The first-order valence-corrected chi connectivity index (χ1v) is 6.95. The maximum atomic E-state index is 12.5. The van der Waals surface area contributed by atoms with Gasteiger partial charge in [-0.2, -0.15) is 13.2 Å². The summed E-state index contributed by atoms with van der Waals surface area (Å²) < 4.78 is 43.0. The molecule has 0 aliphatic heterocycles. The summed E-state index contributed by atoms with van der Waals surface area (Å²) in [6.45, 7) is -0.0669. The molecule has 2 rings (SSSR count). The first-order chi connectivity index (χ1) is 10.7. The van der Waals surface area contributed by atoms with Crippen molar-refractivity contribution >= 4 is 29.2 Å². The second-order valence-corrected chi connectivity index (χ2v) is 5.37. The summed E-state index contributed by atoms with van der Waals surface area (Å²) in [5, 5.41) is 8.86. The maximum absolute atomic E-state index is 12.5. The third-order valence-corrected chi connectivity index (χ3v) is 3.54. The normalized spacial score (nSPS) is 11.3. The van der Waals surface area contributed by atoms with Crippen LogP contribution in [0.25, 0.3) is 0 Å². The van der Waals surface area contributed by atoms with Gasteiger partial charge in [-0.1, -0.05) is 29.3 Å². The summed E-state index contributed by atoms with van der Waals surface area (Å²) in [6, 6.07) is 7.00. The number of carboxylic acid groups (broad SMARTS) is 1. The van der Waals surface area contributed by atoms with Crippen molar-refractivity contribution in [1.29, 1.82) is 0 Å². The highest BCUT2D eigenvalue weighted by Gasteiger charge is 2.31. The van der Waals surface area contributed by atoms with Gasteiger partial charge >= 0.3 is 12.1 Å². The predicted molar refractivity (Wildman–Crippen MR) is 79.2 cm³/mol. The van der Waals surface area contributed by atoms with E-state index in [1.165, 1.54) is 12.1 Å². The molecule has 0 radical (unpaired) electrons. The van der Waals surface area contributed by atoms with Gasteiger partial charge in [-0.25, -0.2) is 4.79 Å². The largest absolute Gasteiger partial charge is 0.487 e. The van der Waals surface area contributed by atoms with E-state index in [0.29, 0.717) is 5.56 Å². The van der Waals surface area contributed by atoms with Crippen molar-refractivity contribution in [2.75, 3.05) is 0 Å². The maximum Gasteiger partial charge on any atom is 0.416 e. The zero-order valence-electron chi connectivity index (χ0n) is 11.3. The van der Waals surface area contributed by atoms with Gasteiger partial charge < -0.3 is 9.84 Å². The minimum absolute atomic E-state index is 0.0616. The Kier molecular flexibility index (Phi) is 5.06. The van der Waals surface area contributed by atoms with Crippen molar-refractivity contribution in [3.05, 3.63) is 63.1 Å². The first kappa shape index (κ1) is 17.4. The topological polar surface area (TPSA) is 46.5 Å². The van der Waals surface area contributed by atoms with Crippen molar-refractivity contribution in [3.8, 4) is 5.75 Å². The fourth-order valence-corrected chi connectivity index (χ4v) is 2.21. The predicted octanol–water partition coefficient (Wildman–Crippen LogP) is 5.29. The van der Waals surface area contributed by atoms with Crippen molar-refractivity contribution in [2.24, 2.45) is 0 Å². The van der Waals surface area contributed by atoms with Crippen LogP contribution in [0.5, 0.6) is 5.75 Å². The highest BCUT2D eigenvalue weighted by Crippen LogP contribution is 2.35. The Morgan fingerprint density at radius 3 is 2.35 bits per heavy atom. The molecule has 0 aliphatic carbocycles. The number of alkyl halides is 3. The molecule has 0 fully saturated rings. The number of aromatic carboxylic acids is 1. The van der Waals surface area contributed by atoms with E-state index in [0.717, 1.165) is 18.2 Å². The number of hydrogen-bond acceptors (Lipinski definition) is 2. The van der Waals surface area contributed by atoms with Crippen LogP contribution in [0.3, 0.4) is 0 Å². The highest BCUT2D eigenvalue weighted by atomic mass is 35.5. The van der Waals surface area contributed by atoms with Gasteiger partial charge in [0.1, 0.15) is 12.4 Å². The molecule has 23 heavy (non-hydrogen) atoms. The van der Waals surface area contributed by atoms with Gasteiger partial charge in [0, 0.05) is 0 Å². The summed E-state index contributed by atoms with van der Waals surface area (Å²) in [4.78, 5) is 11.0. The molecule has 0 unspecified atom stereocenters. The van der Waals surface area contributed by atoms with Crippen LogP contribution in [0.15, 0.2) is 36.4 Å². The molecule has 8 heteroatoms. The molecule has 2 aromatic rings. The van der Waals surface area contributed by atoms with Crippen LogP contribution < -0.4 is 4.74 Å². The van der Waals surface area contributed by atoms with E-state index in [9.17, 15) is 18.0 Å². The summed E-state index contributed by atoms with van der Waals surface area (Å²) >= 11 is 11.5. The van der Waals surface area contributed by atoms with Crippen LogP contribution in [0, 0.1) is 0 Å². The number of halogens is 5. The molecule has 0 saturated carbocycles. The summed E-state index contributed by atoms with van der Waals surface area (Å²) in [6.07, 6.45) is -4.49. The van der Waals surface area contributed by atoms with Gasteiger partial charge in [-0.15, -0.1) is 0 Å². The van der Waals surface area contributed by atoms with Crippen LogP contribution in [0.4, 0.5) is 13.2 Å². The molecular formula is C15H9Cl2F3O3. The summed E-state index contributed by atoms with van der Waals surface area (Å²) in [5.74, 6) is -1.13. The molecule has 0 atom stereocenters. The fourth-order valence-electron chi connectivity index (χ4n) is 1.78. The van der Waals surface area contributed by atoms with E-state index < -0.39 is 17.7 Å². The van der Waals surface area contributed by atoms with Crippen molar-refractivity contribution in [3.63, 3.8) is 0 Å².